The largest absolute Gasteiger partial charge is 0.458 e. The van der Waals surface area contributed by atoms with Gasteiger partial charge in [-0.3, -0.25) is 9.59 Å². The monoisotopic (exact) mass is 556 g/mol. The van der Waals surface area contributed by atoms with Crippen LogP contribution in [0, 0.1) is 23.7 Å². The second-order valence-electron chi connectivity index (χ2n) is 11.8. The molecule has 0 saturated carbocycles. The Labute approximate surface area is 242 Å². The number of cyclic esters (lactones) is 1. The van der Waals surface area contributed by atoms with Gasteiger partial charge in [0.15, 0.2) is 5.78 Å². The summed E-state index contributed by atoms with van der Waals surface area (Å²) in [6.07, 6.45) is 16.2. The standard InChI is InChI=1S/C34H52O6/c1-23(2)20-33-27(6)21-24(3)16-18-30(36)25(4)17-19-31(37)28(7)32(38)22-29(35)15-13-11-9-8-10-12-14-26(5)34(39)40-33/h8-10,12,14,16,18,21,23,25,27-29,31,33,35,37H,11,13,15,17,19-20,22H2,1-7H3/t25-,27-,28+,29-,31-,33+/m1/s1. The molecule has 6 atom stereocenters. The second-order valence-corrected chi connectivity index (χ2v) is 11.8. The maximum Gasteiger partial charge on any atom is 0.334 e. The number of hydrogen-bond acceptors (Lipinski definition) is 6. The number of ether oxygens (including phenoxy) is 1. The van der Waals surface area contributed by atoms with Gasteiger partial charge in [0.1, 0.15) is 11.9 Å². The molecule has 0 fully saturated rings. The number of rotatable bonds is 2. The summed E-state index contributed by atoms with van der Waals surface area (Å²) in [5.41, 5.74) is 1.42. The topological polar surface area (TPSA) is 101 Å². The fourth-order valence-electron chi connectivity index (χ4n) is 4.55. The van der Waals surface area contributed by atoms with Crippen molar-refractivity contribution in [3.63, 3.8) is 0 Å². The number of allylic oxidation sites excluding steroid dienone is 8. The van der Waals surface area contributed by atoms with Crippen molar-refractivity contribution in [2.75, 3.05) is 0 Å². The molecule has 2 N–H and O–H groups in total. The van der Waals surface area contributed by atoms with Crippen LogP contribution in [0.3, 0.4) is 0 Å². The first-order chi connectivity index (χ1) is 18.8. The molecule has 0 aliphatic carbocycles. The van der Waals surface area contributed by atoms with E-state index in [1.165, 1.54) is 0 Å². The summed E-state index contributed by atoms with van der Waals surface area (Å²) in [5, 5.41) is 20.8. The van der Waals surface area contributed by atoms with E-state index in [2.05, 4.69) is 13.8 Å². The summed E-state index contributed by atoms with van der Waals surface area (Å²) in [4.78, 5) is 38.1. The first kappa shape index (κ1) is 35.5. The molecule has 1 rings (SSSR count). The van der Waals surface area contributed by atoms with Crippen LogP contribution in [-0.4, -0.2) is 46.1 Å². The molecule has 0 spiro atoms. The van der Waals surface area contributed by atoms with Crippen molar-refractivity contribution in [3.05, 3.63) is 59.8 Å². The van der Waals surface area contributed by atoms with Gasteiger partial charge in [0.25, 0.3) is 0 Å². The highest BCUT2D eigenvalue weighted by molar-refractivity contribution is 5.91. The van der Waals surface area contributed by atoms with Crippen molar-refractivity contribution in [2.24, 2.45) is 23.7 Å². The number of esters is 1. The normalized spacial score (nSPS) is 29.7. The van der Waals surface area contributed by atoms with Crippen molar-refractivity contribution >= 4 is 17.5 Å². The van der Waals surface area contributed by atoms with Gasteiger partial charge >= 0.3 is 5.97 Å². The fourth-order valence-corrected chi connectivity index (χ4v) is 4.55. The quantitative estimate of drug-likeness (QED) is 0.370. The first-order valence-corrected chi connectivity index (χ1v) is 14.8. The first-order valence-electron chi connectivity index (χ1n) is 14.8. The van der Waals surface area contributed by atoms with E-state index in [0.717, 1.165) is 24.8 Å². The van der Waals surface area contributed by atoms with Gasteiger partial charge in [0.05, 0.1) is 12.2 Å². The molecule has 0 aromatic rings. The van der Waals surface area contributed by atoms with Gasteiger partial charge in [-0.1, -0.05) is 82.7 Å². The lowest BCUT2D eigenvalue weighted by Crippen LogP contribution is -2.29. The van der Waals surface area contributed by atoms with E-state index < -0.39 is 18.1 Å². The van der Waals surface area contributed by atoms with Crippen molar-refractivity contribution in [1.82, 2.24) is 0 Å². The molecule has 0 unspecified atom stereocenters. The molecule has 1 heterocycles. The molecule has 0 radical (unpaired) electrons. The Morgan fingerprint density at radius 3 is 2.33 bits per heavy atom. The van der Waals surface area contributed by atoms with Crippen LogP contribution in [0.25, 0.3) is 0 Å². The molecular formula is C34H52O6. The molecular weight excluding hydrogens is 504 g/mol. The zero-order valence-electron chi connectivity index (χ0n) is 25.6. The fraction of sp³-hybridized carbons (Fsp3) is 0.618. The average Bonchev–Trinajstić information content (AvgIpc) is 2.89. The van der Waals surface area contributed by atoms with Crippen molar-refractivity contribution in [1.29, 1.82) is 0 Å². The third-order valence-electron chi connectivity index (χ3n) is 7.42. The highest BCUT2D eigenvalue weighted by atomic mass is 16.5. The van der Waals surface area contributed by atoms with Crippen LogP contribution in [0.1, 0.15) is 93.4 Å². The summed E-state index contributed by atoms with van der Waals surface area (Å²) in [6.45, 7) is 13.4. The Kier molecular flexibility index (Phi) is 16.6. The van der Waals surface area contributed by atoms with Crippen LogP contribution in [0.15, 0.2) is 59.8 Å². The van der Waals surface area contributed by atoms with Gasteiger partial charge in [-0.25, -0.2) is 4.79 Å². The van der Waals surface area contributed by atoms with Crippen LogP contribution < -0.4 is 0 Å². The molecule has 40 heavy (non-hydrogen) atoms. The van der Waals surface area contributed by atoms with E-state index in [1.807, 2.05) is 45.1 Å². The second kappa shape index (κ2) is 18.7. The predicted molar refractivity (Wildman–Crippen MR) is 161 cm³/mol. The van der Waals surface area contributed by atoms with E-state index >= 15 is 0 Å². The molecule has 0 aromatic carbocycles. The zero-order valence-corrected chi connectivity index (χ0v) is 25.6. The van der Waals surface area contributed by atoms with Gasteiger partial charge in [0.2, 0.25) is 0 Å². The van der Waals surface area contributed by atoms with E-state index in [9.17, 15) is 24.6 Å². The lowest BCUT2D eigenvalue weighted by atomic mass is 9.89. The minimum absolute atomic E-state index is 0.0152. The van der Waals surface area contributed by atoms with Crippen LogP contribution >= 0.6 is 0 Å². The minimum Gasteiger partial charge on any atom is -0.458 e. The zero-order chi connectivity index (χ0) is 30.2. The Morgan fingerprint density at radius 2 is 1.65 bits per heavy atom. The number of aliphatic hydroxyl groups is 2. The summed E-state index contributed by atoms with van der Waals surface area (Å²) in [7, 11) is 0. The lowest BCUT2D eigenvalue weighted by Gasteiger charge is -2.24. The highest BCUT2D eigenvalue weighted by Crippen LogP contribution is 2.22. The number of aliphatic hydroxyl groups excluding tert-OH is 2. The molecule has 224 valence electrons. The number of carbonyl (C=O) groups excluding carboxylic acids is 3. The molecule has 1 aliphatic heterocycles. The van der Waals surface area contributed by atoms with Crippen molar-refractivity contribution in [2.45, 2.75) is 112 Å². The molecule has 0 bridgehead atoms. The number of hydrogen-bond donors (Lipinski definition) is 2. The molecule has 6 nitrogen and oxygen atoms in total. The molecule has 6 heteroatoms. The Hall–Kier alpha value is -2.57. The van der Waals surface area contributed by atoms with Crippen LogP contribution in [0.5, 0.6) is 0 Å². The van der Waals surface area contributed by atoms with Crippen LogP contribution in [0.2, 0.25) is 0 Å². The highest BCUT2D eigenvalue weighted by Gasteiger charge is 2.25. The van der Waals surface area contributed by atoms with Crippen LogP contribution in [-0.2, 0) is 19.1 Å². The maximum atomic E-state index is 12.8. The number of Topliss-reactive ketones (excluding diaryl/α,β-unsaturated/α-hetero) is 1. The lowest BCUT2D eigenvalue weighted by molar-refractivity contribution is -0.146. The van der Waals surface area contributed by atoms with Crippen LogP contribution in [0.4, 0.5) is 0 Å². The molecule has 0 saturated heterocycles. The van der Waals surface area contributed by atoms with E-state index in [1.54, 1.807) is 38.2 Å². The summed E-state index contributed by atoms with van der Waals surface area (Å²) in [6, 6.07) is 0. The smallest absolute Gasteiger partial charge is 0.334 e. The molecule has 0 amide bonds. The average molecular weight is 557 g/mol. The summed E-state index contributed by atoms with van der Waals surface area (Å²) < 4.78 is 5.90. The van der Waals surface area contributed by atoms with Crippen molar-refractivity contribution < 1.29 is 29.3 Å². The minimum atomic E-state index is -0.854. The number of carbonyl (C=O) groups is 3. The van der Waals surface area contributed by atoms with Gasteiger partial charge < -0.3 is 14.9 Å². The SMILES string of the molecule is CC1=C[C@@H](C)[C@H](CC(C)C)OC(=O)C(C)=CC=CC=CCCC[C@@H](O)CC(=O)[C@@H](C)[C@H](O)CC[C@@H](C)C(=O)C=C1. The maximum absolute atomic E-state index is 12.8. The van der Waals surface area contributed by atoms with Crippen molar-refractivity contribution in [3.8, 4) is 0 Å². The molecule has 0 aromatic heterocycles. The molecule has 1 aliphatic rings. The number of ketones is 2. The van der Waals surface area contributed by atoms with E-state index in [0.29, 0.717) is 30.8 Å². The van der Waals surface area contributed by atoms with Gasteiger partial charge in [-0.05, 0) is 64.4 Å². The summed E-state index contributed by atoms with van der Waals surface area (Å²) in [5.74, 6) is -1.14. The Bertz CT molecular complexity index is 967. The third kappa shape index (κ3) is 14.2. The third-order valence-corrected chi connectivity index (χ3v) is 7.42. The Balaban J connectivity index is 3.12. The van der Waals surface area contributed by atoms with Gasteiger partial charge in [-0.15, -0.1) is 0 Å². The van der Waals surface area contributed by atoms with Gasteiger partial charge in [0, 0.05) is 29.7 Å². The summed E-state index contributed by atoms with van der Waals surface area (Å²) >= 11 is 0. The van der Waals surface area contributed by atoms with E-state index in [4.69, 9.17) is 4.74 Å². The predicted octanol–water partition coefficient (Wildman–Crippen LogP) is 6.63. The van der Waals surface area contributed by atoms with Gasteiger partial charge in [-0.2, -0.15) is 0 Å². The van der Waals surface area contributed by atoms with E-state index in [-0.39, 0.29) is 41.9 Å². The Morgan fingerprint density at radius 1 is 0.950 bits per heavy atom.